The van der Waals surface area contributed by atoms with Crippen molar-refractivity contribution < 1.29 is 13.9 Å². The molecule has 8 heteroatoms. The van der Waals surface area contributed by atoms with Crippen molar-refractivity contribution in [1.82, 2.24) is 16.0 Å². The summed E-state index contributed by atoms with van der Waals surface area (Å²) in [6, 6.07) is 7.81. The first-order chi connectivity index (χ1) is 13.8. The van der Waals surface area contributed by atoms with Crippen molar-refractivity contribution in [3.63, 3.8) is 0 Å². The Balaban J connectivity index is 0.00000450. The summed E-state index contributed by atoms with van der Waals surface area (Å²) in [5, 5.41) is 10.5. The largest absolute Gasteiger partial charge is 0.490 e. The van der Waals surface area contributed by atoms with Crippen LogP contribution in [0, 0.1) is 5.41 Å². The van der Waals surface area contributed by atoms with Gasteiger partial charge in [-0.05, 0) is 32.9 Å². The average molecular weight is 530 g/mol. The highest BCUT2D eigenvalue weighted by atomic mass is 127. The highest BCUT2D eigenvalue weighted by Crippen LogP contribution is 2.31. The lowest BCUT2D eigenvalue weighted by molar-refractivity contribution is -0.128. The highest BCUT2D eigenvalue weighted by Gasteiger charge is 2.20. The monoisotopic (exact) mass is 530 g/mol. The molecule has 1 atom stereocenters. The molecule has 0 spiro atoms. The van der Waals surface area contributed by atoms with Gasteiger partial charge < -0.3 is 25.1 Å². The summed E-state index contributed by atoms with van der Waals surface area (Å²) in [6.07, 6.45) is 0. The lowest BCUT2D eigenvalue weighted by Crippen LogP contribution is -2.40. The predicted molar refractivity (Wildman–Crippen MR) is 133 cm³/mol. The number of amides is 1. The van der Waals surface area contributed by atoms with Gasteiger partial charge in [-0.3, -0.25) is 9.79 Å². The first-order valence-electron chi connectivity index (χ1n) is 10.2. The molecule has 0 radical (unpaired) electrons. The van der Waals surface area contributed by atoms with Gasteiger partial charge in [0.05, 0.1) is 19.2 Å². The van der Waals surface area contributed by atoms with Crippen LogP contribution in [-0.4, -0.2) is 38.1 Å². The number of rotatable bonds is 8. The molecule has 0 aliphatic carbocycles. The summed E-state index contributed by atoms with van der Waals surface area (Å²) in [5.74, 6) is 2.25. The van der Waals surface area contributed by atoms with Gasteiger partial charge in [-0.2, -0.15) is 0 Å². The first kappa shape index (κ1) is 26.1. The third kappa shape index (κ3) is 7.37. The predicted octanol–water partition coefficient (Wildman–Crippen LogP) is 4.23. The second-order valence-electron chi connectivity index (χ2n) is 7.89. The van der Waals surface area contributed by atoms with Crippen molar-refractivity contribution in [2.45, 2.75) is 47.6 Å². The van der Waals surface area contributed by atoms with Crippen molar-refractivity contribution in [2.24, 2.45) is 10.4 Å². The zero-order valence-corrected chi connectivity index (χ0v) is 21.1. The minimum Gasteiger partial charge on any atom is -0.490 e. The molecule has 0 fully saturated rings. The molecule has 1 unspecified atom stereocenters. The van der Waals surface area contributed by atoms with Crippen LogP contribution in [0.25, 0.3) is 11.0 Å². The molecular formula is C22H35IN4O3. The standard InChI is InChI=1S/C22H34N4O3.HI/c1-7-23-21(25-13-12-24-20(27)22(4,5)6)26-15(3)18-14-16-10-9-11-17(28-8-2)19(16)29-18;/h9-11,14-15H,7-8,12-13H2,1-6H3,(H,24,27)(H2,23,25,26);1H. The Morgan fingerprint density at radius 3 is 2.60 bits per heavy atom. The van der Waals surface area contributed by atoms with Gasteiger partial charge >= 0.3 is 0 Å². The Labute approximate surface area is 196 Å². The van der Waals surface area contributed by atoms with Gasteiger partial charge in [-0.15, -0.1) is 24.0 Å². The number of aliphatic imine (C=N–C) groups is 1. The smallest absolute Gasteiger partial charge is 0.225 e. The van der Waals surface area contributed by atoms with Crippen LogP contribution in [0.3, 0.4) is 0 Å². The number of fused-ring (bicyclic) bond motifs is 1. The molecule has 168 valence electrons. The summed E-state index contributed by atoms with van der Waals surface area (Å²) in [5.41, 5.74) is 0.354. The van der Waals surface area contributed by atoms with Gasteiger partial charge in [0, 0.05) is 23.9 Å². The summed E-state index contributed by atoms with van der Waals surface area (Å²) in [6.45, 7) is 14.0. The third-order valence-electron chi connectivity index (χ3n) is 4.30. The Morgan fingerprint density at radius 2 is 1.97 bits per heavy atom. The third-order valence-corrected chi connectivity index (χ3v) is 4.30. The number of nitrogens with zero attached hydrogens (tertiary/aromatic N) is 1. The Bertz CT molecular complexity index is 843. The van der Waals surface area contributed by atoms with E-state index in [9.17, 15) is 4.79 Å². The number of guanidine groups is 1. The van der Waals surface area contributed by atoms with Gasteiger partial charge in [0.15, 0.2) is 17.3 Å². The molecule has 0 bridgehead atoms. The quantitative estimate of drug-likeness (QED) is 0.206. The molecule has 3 N–H and O–H groups in total. The van der Waals surface area contributed by atoms with Crippen LogP contribution in [0.5, 0.6) is 5.75 Å². The van der Waals surface area contributed by atoms with E-state index in [1.54, 1.807) is 0 Å². The van der Waals surface area contributed by atoms with E-state index in [4.69, 9.17) is 9.15 Å². The van der Waals surface area contributed by atoms with Crippen LogP contribution in [0.1, 0.15) is 53.3 Å². The lowest BCUT2D eigenvalue weighted by atomic mass is 9.96. The average Bonchev–Trinajstić information content (AvgIpc) is 3.10. The first-order valence-corrected chi connectivity index (χ1v) is 10.2. The molecule has 2 rings (SSSR count). The van der Waals surface area contributed by atoms with Crippen LogP contribution in [-0.2, 0) is 4.79 Å². The molecule has 0 saturated heterocycles. The summed E-state index contributed by atoms with van der Waals surface area (Å²) in [7, 11) is 0. The molecule has 1 heterocycles. The SMILES string of the molecule is CCNC(=NCCNC(=O)C(C)(C)C)NC(C)c1cc2cccc(OCC)c2o1.I. The van der Waals surface area contributed by atoms with E-state index >= 15 is 0 Å². The van der Waals surface area contributed by atoms with E-state index in [0.717, 1.165) is 29.0 Å². The van der Waals surface area contributed by atoms with Gasteiger partial charge in [0.25, 0.3) is 0 Å². The number of hydrogen-bond acceptors (Lipinski definition) is 4. The number of nitrogens with one attached hydrogen (secondary N) is 3. The minimum absolute atomic E-state index is 0. The molecule has 1 amide bonds. The van der Waals surface area contributed by atoms with Crippen LogP contribution in [0.15, 0.2) is 33.7 Å². The molecule has 7 nitrogen and oxygen atoms in total. The van der Waals surface area contributed by atoms with E-state index in [-0.39, 0.29) is 35.9 Å². The maximum Gasteiger partial charge on any atom is 0.225 e. The minimum atomic E-state index is -0.400. The van der Waals surface area contributed by atoms with Gasteiger partial charge in [0.2, 0.25) is 5.91 Å². The van der Waals surface area contributed by atoms with Crippen molar-refractivity contribution in [1.29, 1.82) is 0 Å². The van der Waals surface area contributed by atoms with Gasteiger partial charge in [-0.25, -0.2) is 0 Å². The number of carbonyl (C=O) groups is 1. The zero-order chi connectivity index (χ0) is 21.4. The normalized spacial score (nSPS) is 12.8. The Morgan fingerprint density at radius 1 is 1.23 bits per heavy atom. The molecule has 1 aromatic carbocycles. The zero-order valence-electron chi connectivity index (χ0n) is 18.8. The van der Waals surface area contributed by atoms with Crippen LogP contribution in [0.4, 0.5) is 0 Å². The van der Waals surface area contributed by atoms with Crippen LogP contribution < -0.4 is 20.7 Å². The fourth-order valence-electron chi connectivity index (χ4n) is 2.74. The number of carbonyl (C=O) groups excluding carboxylic acids is 1. The summed E-state index contributed by atoms with van der Waals surface area (Å²) < 4.78 is 11.7. The van der Waals surface area contributed by atoms with Crippen molar-refractivity contribution in [3.8, 4) is 5.75 Å². The van der Waals surface area contributed by atoms with Crippen LogP contribution >= 0.6 is 24.0 Å². The van der Waals surface area contributed by atoms with Crippen molar-refractivity contribution in [3.05, 3.63) is 30.0 Å². The van der Waals surface area contributed by atoms with Gasteiger partial charge in [0.1, 0.15) is 5.76 Å². The van der Waals surface area contributed by atoms with Crippen molar-refractivity contribution in [2.75, 3.05) is 26.2 Å². The lowest BCUT2D eigenvalue weighted by Gasteiger charge is -2.18. The van der Waals surface area contributed by atoms with E-state index < -0.39 is 5.41 Å². The Hall–Kier alpha value is -1.97. The number of furan rings is 1. The summed E-state index contributed by atoms with van der Waals surface area (Å²) >= 11 is 0. The van der Waals surface area contributed by atoms with E-state index in [1.807, 2.05) is 65.8 Å². The second-order valence-corrected chi connectivity index (χ2v) is 7.89. The maximum atomic E-state index is 11.9. The summed E-state index contributed by atoms with van der Waals surface area (Å²) in [4.78, 5) is 16.5. The number of halogens is 1. The molecule has 0 aliphatic rings. The number of ether oxygens (including phenoxy) is 1. The molecular weight excluding hydrogens is 495 g/mol. The number of hydrogen-bond donors (Lipinski definition) is 3. The molecule has 30 heavy (non-hydrogen) atoms. The van der Waals surface area contributed by atoms with E-state index in [1.165, 1.54) is 0 Å². The van der Waals surface area contributed by atoms with Gasteiger partial charge in [-0.1, -0.05) is 32.9 Å². The second kappa shape index (κ2) is 12.0. The molecule has 0 aliphatic heterocycles. The number of benzene rings is 1. The van der Waals surface area contributed by atoms with E-state index in [0.29, 0.717) is 25.7 Å². The molecule has 1 aromatic heterocycles. The fourth-order valence-corrected chi connectivity index (χ4v) is 2.74. The fraction of sp³-hybridized carbons (Fsp3) is 0.545. The maximum absolute atomic E-state index is 11.9. The molecule has 0 saturated carbocycles. The van der Waals surface area contributed by atoms with Crippen molar-refractivity contribution >= 4 is 46.8 Å². The van der Waals surface area contributed by atoms with Crippen LogP contribution in [0.2, 0.25) is 0 Å². The molecule has 2 aromatic rings. The highest BCUT2D eigenvalue weighted by molar-refractivity contribution is 14.0. The topological polar surface area (TPSA) is 87.9 Å². The Kier molecular flexibility index (Phi) is 10.4. The van der Waals surface area contributed by atoms with E-state index in [2.05, 4.69) is 20.9 Å². The number of para-hydroxylation sites is 1.